The Bertz CT molecular complexity index is 535. The van der Waals surface area contributed by atoms with Gasteiger partial charge in [-0.25, -0.2) is 4.79 Å². The van der Waals surface area contributed by atoms with E-state index < -0.39 is 5.97 Å². The molecule has 2 aromatic rings. The molecule has 0 aliphatic heterocycles. The molecule has 0 saturated carbocycles. The van der Waals surface area contributed by atoms with E-state index in [-0.39, 0.29) is 11.4 Å². The van der Waals surface area contributed by atoms with Gasteiger partial charge in [-0.15, -0.1) is 11.3 Å². The van der Waals surface area contributed by atoms with Gasteiger partial charge >= 0.3 is 5.97 Å². The van der Waals surface area contributed by atoms with Crippen LogP contribution < -0.4 is 5.73 Å². The zero-order valence-corrected chi connectivity index (χ0v) is 10.5. The van der Waals surface area contributed by atoms with Crippen molar-refractivity contribution in [3.05, 3.63) is 32.7 Å². The van der Waals surface area contributed by atoms with Crippen molar-refractivity contribution in [1.29, 1.82) is 0 Å². The minimum Gasteiger partial charge on any atom is -0.476 e. The summed E-state index contributed by atoms with van der Waals surface area (Å²) in [6, 6.07) is 1.94. The molecule has 0 radical (unpaired) electrons. The fourth-order valence-electron chi connectivity index (χ4n) is 1.27. The average Bonchev–Trinajstić information content (AvgIpc) is 2.75. The summed E-state index contributed by atoms with van der Waals surface area (Å²) in [5, 5.41) is 14.6. The molecule has 2 heterocycles. The van der Waals surface area contributed by atoms with Crippen LogP contribution in [0.2, 0.25) is 0 Å². The predicted octanol–water partition coefficient (Wildman–Crippen LogP) is 2.04. The van der Waals surface area contributed by atoms with E-state index in [4.69, 9.17) is 10.8 Å². The summed E-state index contributed by atoms with van der Waals surface area (Å²) in [5.74, 6) is -1.11. The number of hydrogen-bond donors (Lipinski definition) is 2. The first-order valence-electron chi connectivity index (χ1n) is 4.36. The van der Waals surface area contributed by atoms with Crippen molar-refractivity contribution in [1.82, 2.24) is 9.78 Å². The molecule has 0 aliphatic carbocycles. The molecule has 0 atom stereocenters. The van der Waals surface area contributed by atoms with Gasteiger partial charge in [0.25, 0.3) is 0 Å². The largest absolute Gasteiger partial charge is 0.476 e. The van der Waals surface area contributed by atoms with E-state index in [9.17, 15) is 4.79 Å². The van der Waals surface area contributed by atoms with Gasteiger partial charge in [-0.1, -0.05) is 0 Å². The lowest BCUT2D eigenvalue weighted by Crippen LogP contribution is -2.04. The number of hydrogen-bond acceptors (Lipinski definition) is 4. The Morgan fingerprint density at radius 2 is 2.44 bits per heavy atom. The third kappa shape index (κ3) is 2.10. The number of carbonyl (C=O) groups is 1. The molecule has 2 aromatic heterocycles. The highest BCUT2D eigenvalue weighted by atomic mass is 79.9. The molecule has 0 fully saturated rings. The molecule has 0 spiro atoms. The predicted molar refractivity (Wildman–Crippen MR) is 64.7 cm³/mol. The van der Waals surface area contributed by atoms with Crippen LogP contribution in [0.4, 0.5) is 5.69 Å². The lowest BCUT2D eigenvalue weighted by atomic mass is 10.4. The molecule has 0 aliphatic rings. The fourth-order valence-corrected chi connectivity index (χ4v) is 2.74. The number of aromatic carboxylic acids is 1. The zero-order valence-electron chi connectivity index (χ0n) is 8.05. The van der Waals surface area contributed by atoms with Gasteiger partial charge in [-0.05, 0) is 27.4 Å². The standard InChI is InChI=1S/C9H8BrN3O2S/c10-5-1-2-16-7(5)4-13-3-6(11)8(12-13)9(14)15/h1-3H,4,11H2,(H,14,15). The Balaban J connectivity index is 2.26. The topological polar surface area (TPSA) is 81.1 Å². The summed E-state index contributed by atoms with van der Waals surface area (Å²) in [4.78, 5) is 11.8. The Kier molecular flexibility index (Phi) is 2.97. The minimum absolute atomic E-state index is 0.104. The van der Waals surface area contributed by atoms with Gasteiger partial charge in [0.1, 0.15) is 0 Å². The lowest BCUT2D eigenvalue weighted by Gasteiger charge is -1.98. The van der Waals surface area contributed by atoms with Crippen molar-refractivity contribution >= 4 is 38.9 Å². The Morgan fingerprint density at radius 1 is 1.69 bits per heavy atom. The van der Waals surface area contributed by atoms with E-state index in [1.54, 1.807) is 11.3 Å². The average molecular weight is 302 g/mol. The Morgan fingerprint density at radius 3 is 2.94 bits per heavy atom. The van der Waals surface area contributed by atoms with Crippen LogP contribution in [0.1, 0.15) is 15.4 Å². The number of nitrogen functional groups attached to an aromatic ring is 1. The second-order valence-electron chi connectivity index (χ2n) is 3.13. The van der Waals surface area contributed by atoms with E-state index >= 15 is 0 Å². The minimum atomic E-state index is -1.11. The number of nitrogens with zero attached hydrogens (tertiary/aromatic N) is 2. The van der Waals surface area contributed by atoms with Crippen molar-refractivity contribution in [3.63, 3.8) is 0 Å². The third-order valence-electron chi connectivity index (χ3n) is 1.99. The van der Waals surface area contributed by atoms with Crippen LogP contribution in [0.5, 0.6) is 0 Å². The quantitative estimate of drug-likeness (QED) is 0.909. The number of rotatable bonds is 3. The number of thiophene rings is 1. The molecule has 0 saturated heterocycles. The molecule has 0 amide bonds. The van der Waals surface area contributed by atoms with Crippen LogP contribution >= 0.6 is 27.3 Å². The van der Waals surface area contributed by atoms with Gasteiger partial charge in [0.2, 0.25) is 0 Å². The van der Waals surface area contributed by atoms with Gasteiger partial charge in [0.05, 0.1) is 12.2 Å². The van der Waals surface area contributed by atoms with Crippen LogP contribution in [0, 0.1) is 0 Å². The van der Waals surface area contributed by atoms with Crippen LogP contribution in [-0.4, -0.2) is 20.9 Å². The van der Waals surface area contributed by atoms with Crippen LogP contribution in [0.3, 0.4) is 0 Å². The summed E-state index contributed by atoms with van der Waals surface area (Å²) in [5.41, 5.74) is 5.61. The van der Waals surface area contributed by atoms with E-state index in [2.05, 4.69) is 21.0 Å². The maximum atomic E-state index is 10.7. The van der Waals surface area contributed by atoms with Gasteiger partial charge in [0, 0.05) is 15.5 Å². The highest BCUT2D eigenvalue weighted by molar-refractivity contribution is 9.10. The van der Waals surface area contributed by atoms with E-state index in [1.807, 2.05) is 11.4 Å². The first-order chi connectivity index (χ1) is 7.58. The van der Waals surface area contributed by atoms with E-state index in [1.165, 1.54) is 10.9 Å². The molecule has 3 N–H and O–H groups in total. The van der Waals surface area contributed by atoms with E-state index in [0.717, 1.165) is 9.35 Å². The fraction of sp³-hybridized carbons (Fsp3) is 0.111. The van der Waals surface area contributed by atoms with Crippen LogP contribution in [-0.2, 0) is 6.54 Å². The van der Waals surface area contributed by atoms with Crippen LogP contribution in [0.15, 0.2) is 22.1 Å². The van der Waals surface area contributed by atoms with Crippen molar-refractivity contribution in [2.45, 2.75) is 6.54 Å². The first kappa shape index (κ1) is 11.2. The maximum Gasteiger partial charge on any atom is 0.358 e. The highest BCUT2D eigenvalue weighted by Gasteiger charge is 2.13. The monoisotopic (exact) mass is 301 g/mol. The van der Waals surface area contributed by atoms with Crippen LogP contribution in [0.25, 0.3) is 0 Å². The first-order valence-corrected chi connectivity index (χ1v) is 6.03. The normalized spacial score (nSPS) is 10.6. The maximum absolute atomic E-state index is 10.7. The number of halogens is 1. The molecule has 0 unspecified atom stereocenters. The number of carboxylic acid groups (broad SMARTS) is 1. The molecule has 2 rings (SSSR count). The summed E-state index contributed by atoms with van der Waals surface area (Å²) in [6.45, 7) is 0.510. The molecule has 16 heavy (non-hydrogen) atoms. The third-order valence-corrected chi connectivity index (χ3v) is 3.90. The summed E-state index contributed by atoms with van der Waals surface area (Å²) >= 11 is 4.97. The van der Waals surface area contributed by atoms with Gasteiger partial charge in [-0.3, -0.25) is 4.68 Å². The van der Waals surface area contributed by atoms with Gasteiger partial charge in [-0.2, -0.15) is 5.10 Å². The molecule has 5 nitrogen and oxygen atoms in total. The smallest absolute Gasteiger partial charge is 0.358 e. The van der Waals surface area contributed by atoms with Crippen molar-refractivity contribution in [2.24, 2.45) is 0 Å². The summed E-state index contributed by atoms with van der Waals surface area (Å²) in [6.07, 6.45) is 1.52. The molecular weight excluding hydrogens is 294 g/mol. The van der Waals surface area contributed by atoms with Crippen molar-refractivity contribution in [3.8, 4) is 0 Å². The SMILES string of the molecule is Nc1cn(Cc2sccc2Br)nc1C(=O)O. The molecule has 84 valence electrons. The zero-order chi connectivity index (χ0) is 11.7. The van der Waals surface area contributed by atoms with Gasteiger partial charge in [0.15, 0.2) is 5.69 Å². The molecule has 0 bridgehead atoms. The number of nitrogens with two attached hydrogens (primary N) is 1. The lowest BCUT2D eigenvalue weighted by molar-refractivity contribution is 0.0690. The van der Waals surface area contributed by atoms with Gasteiger partial charge < -0.3 is 10.8 Å². The number of anilines is 1. The number of aromatic nitrogens is 2. The molecule has 0 aromatic carbocycles. The molecule has 7 heteroatoms. The highest BCUT2D eigenvalue weighted by Crippen LogP contribution is 2.23. The number of carboxylic acids is 1. The molecular formula is C9H8BrN3O2S. The summed E-state index contributed by atoms with van der Waals surface area (Å²) in [7, 11) is 0. The Hall–Kier alpha value is -1.34. The summed E-state index contributed by atoms with van der Waals surface area (Å²) < 4.78 is 2.51. The second kappa shape index (κ2) is 4.26. The van der Waals surface area contributed by atoms with E-state index in [0.29, 0.717) is 6.54 Å². The van der Waals surface area contributed by atoms with Crippen molar-refractivity contribution in [2.75, 3.05) is 5.73 Å². The Labute approximate surface area is 104 Å². The van der Waals surface area contributed by atoms with Crippen molar-refractivity contribution < 1.29 is 9.90 Å². The second-order valence-corrected chi connectivity index (χ2v) is 4.98.